The lowest BCUT2D eigenvalue weighted by Crippen LogP contribution is -2.51. The Morgan fingerprint density at radius 2 is 1.77 bits per heavy atom. The quantitative estimate of drug-likeness (QED) is 0.661. The van der Waals surface area contributed by atoms with Crippen LogP contribution in [0.5, 0.6) is 5.75 Å². The summed E-state index contributed by atoms with van der Waals surface area (Å²) < 4.78 is 18.4. The van der Waals surface area contributed by atoms with Gasteiger partial charge in [0.15, 0.2) is 5.96 Å². The van der Waals surface area contributed by atoms with Crippen molar-refractivity contribution in [1.82, 2.24) is 4.90 Å². The van der Waals surface area contributed by atoms with Gasteiger partial charge in [0.2, 0.25) is 0 Å². The normalized spacial score (nSPS) is 15.2. The lowest BCUT2D eigenvalue weighted by Gasteiger charge is -2.36. The van der Waals surface area contributed by atoms with Gasteiger partial charge in [-0.2, -0.15) is 0 Å². The molecule has 2 aromatic carbocycles. The molecule has 0 spiro atoms. The van der Waals surface area contributed by atoms with Crippen molar-refractivity contribution in [3.63, 3.8) is 0 Å². The number of anilines is 1. The number of hydrogen-bond acceptors (Lipinski definition) is 3. The third-order valence-electron chi connectivity index (χ3n) is 4.64. The maximum atomic E-state index is 13.0. The highest BCUT2D eigenvalue weighted by Crippen LogP contribution is 2.18. The third-order valence-corrected chi connectivity index (χ3v) is 4.64. The number of nitrogens with zero attached hydrogens (tertiary/aromatic N) is 3. The van der Waals surface area contributed by atoms with Gasteiger partial charge in [0, 0.05) is 38.4 Å². The number of rotatable bonds is 5. The van der Waals surface area contributed by atoms with Gasteiger partial charge in [0.05, 0.1) is 7.11 Å². The summed E-state index contributed by atoms with van der Waals surface area (Å²) in [6.45, 7) is 3.93. The molecule has 0 atom stereocenters. The molecule has 26 heavy (non-hydrogen) atoms. The third kappa shape index (κ3) is 4.45. The summed E-state index contributed by atoms with van der Waals surface area (Å²) in [6, 6.07) is 14.6. The zero-order valence-electron chi connectivity index (χ0n) is 15.1. The Labute approximate surface area is 153 Å². The monoisotopic (exact) mass is 356 g/mol. The largest absolute Gasteiger partial charge is 0.496 e. The van der Waals surface area contributed by atoms with Crippen molar-refractivity contribution in [1.29, 1.82) is 0 Å². The summed E-state index contributed by atoms with van der Waals surface area (Å²) in [5, 5.41) is 0. The highest BCUT2D eigenvalue weighted by atomic mass is 19.1. The topological polar surface area (TPSA) is 54.1 Å². The molecule has 0 saturated carbocycles. The van der Waals surface area contributed by atoms with Gasteiger partial charge in [-0.15, -0.1) is 0 Å². The van der Waals surface area contributed by atoms with E-state index in [-0.39, 0.29) is 5.82 Å². The SMILES string of the molecule is COc1ccccc1CCN=C(N)N1CCN(c2ccc(F)cc2)CC1. The molecule has 1 fully saturated rings. The van der Waals surface area contributed by atoms with Crippen LogP contribution in [0.4, 0.5) is 10.1 Å². The van der Waals surface area contributed by atoms with Gasteiger partial charge in [-0.3, -0.25) is 4.99 Å². The van der Waals surface area contributed by atoms with Crippen LogP contribution in [0.3, 0.4) is 0 Å². The van der Waals surface area contributed by atoms with Crippen LogP contribution < -0.4 is 15.4 Å². The van der Waals surface area contributed by atoms with Gasteiger partial charge in [-0.25, -0.2) is 4.39 Å². The van der Waals surface area contributed by atoms with Gasteiger partial charge < -0.3 is 20.3 Å². The summed E-state index contributed by atoms with van der Waals surface area (Å²) in [5.41, 5.74) is 8.34. The predicted octanol–water partition coefficient (Wildman–Crippen LogP) is 2.51. The van der Waals surface area contributed by atoms with Crippen molar-refractivity contribution in [3.05, 3.63) is 59.9 Å². The van der Waals surface area contributed by atoms with Crippen molar-refractivity contribution >= 4 is 11.6 Å². The molecule has 1 saturated heterocycles. The number of benzene rings is 2. The lowest BCUT2D eigenvalue weighted by atomic mass is 10.1. The molecule has 0 amide bonds. The van der Waals surface area contributed by atoms with E-state index >= 15 is 0 Å². The number of nitrogens with two attached hydrogens (primary N) is 1. The average Bonchev–Trinajstić information content (AvgIpc) is 2.69. The molecule has 5 nitrogen and oxygen atoms in total. The maximum absolute atomic E-state index is 13.0. The summed E-state index contributed by atoms with van der Waals surface area (Å²) >= 11 is 0. The smallest absolute Gasteiger partial charge is 0.191 e. The van der Waals surface area contributed by atoms with Crippen molar-refractivity contribution in [3.8, 4) is 5.75 Å². The molecule has 0 aliphatic carbocycles. The fourth-order valence-electron chi connectivity index (χ4n) is 3.15. The number of halogens is 1. The average molecular weight is 356 g/mol. The molecule has 0 aromatic heterocycles. The minimum absolute atomic E-state index is 0.209. The lowest BCUT2D eigenvalue weighted by molar-refractivity contribution is 0.380. The van der Waals surface area contributed by atoms with E-state index in [0.717, 1.165) is 49.6 Å². The Bertz CT molecular complexity index is 740. The number of aliphatic imine (C=N–C) groups is 1. The predicted molar refractivity (Wildman–Crippen MR) is 103 cm³/mol. The molecule has 2 N–H and O–H groups in total. The number of piperazine rings is 1. The van der Waals surface area contributed by atoms with E-state index in [1.165, 1.54) is 12.1 Å². The molecular weight excluding hydrogens is 331 g/mol. The van der Waals surface area contributed by atoms with Crippen molar-refractivity contribution in [2.75, 3.05) is 44.7 Å². The number of ether oxygens (including phenoxy) is 1. The van der Waals surface area contributed by atoms with Gasteiger partial charge in [0.1, 0.15) is 11.6 Å². The van der Waals surface area contributed by atoms with Gasteiger partial charge in [0.25, 0.3) is 0 Å². The Balaban J connectivity index is 1.50. The van der Waals surface area contributed by atoms with Crippen LogP contribution in [-0.2, 0) is 6.42 Å². The second kappa shape index (κ2) is 8.56. The zero-order valence-corrected chi connectivity index (χ0v) is 15.1. The second-order valence-corrected chi connectivity index (χ2v) is 6.25. The number of guanidine groups is 1. The van der Waals surface area contributed by atoms with Gasteiger partial charge in [-0.05, 0) is 42.3 Å². The fourth-order valence-corrected chi connectivity index (χ4v) is 3.15. The van der Waals surface area contributed by atoms with Crippen LogP contribution in [0.2, 0.25) is 0 Å². The molecule has 1 aliphatic heterocycles. The maximum Gasteiger partial charge on any atom is 0.191 e. The summed E-state index contributed by atoms with van der Waals surface area (Å²) in [6.07, 6.45) is 0.792. The Morgan fingerprint density at radius 3 is 2.46 bits per heavy atom. The van der Waals surface area contributed by atoms with Crippen LogP contribution in [0.1, 0.15) is 5.56 Å². The van der Waals surface area contributed by atoms with Crippen LogP contribution in [0.25, 0.3) is 0 Å². The first kappa shape index (κ1) is 18.0. The second-order valence-electron chi connectivity index (χ2n) is 6.25. The Hall–Kier alpha value is -2.76. The van der Waals surface area contributed by atoms with E-state index in [1.807, 2.05) is 36.4 Å². The molecule has 3 rings (SSSR count). The van der Waals surface area contributed by atoms with Gasteiger partial charge >= 0.3 is 0 Å². The Morgan fingerprint density at radius 1 is 1.08 bits per heavy atom. The highest BCUT2D eigenvalue weighted by Gasteiger charge is 2.18. The molecule has 2 aromatic rings. The number of hydrogen-bond donors (Lipinski definition) is 1. The number of methoxy groups -OCH3 is 1. The van der Waals surface area contributed by atoms with E-state index in [1.54, 1.807) is 7.11 Å². The first-order valence-electron chi connectivity index (χ1n) is 8.84. The van der Waals surface area contributed by atoms with E-state index in [4.69, 9.17) is 10.5 Å². The van der Waals surface area contributed by atoms with Crippen molar-refractivity contribution < 1.29 is 9.13 Å². The fraction of sp³-hybridized carbons (Fsp3) is 0.350. The minimum atomic E-state index is -0.209. The standard InChI is InChI=1S/C20H25FN4O/c1-26-19-5-3-2-4-16(19)10-11-23-20(22)25-14-12-24(13-15-25)18-8-6-17(21)7-9-18/h2-9H,10-15H2,1H3,(H2,22,23). The summed E-state index contributed by atoms with van der Waals surface area (Å²) in [7, 11) is 1.68. The van der Waals surface area contributed by atoms with E-state index < -0.39 is 0 Å². The molecule has 6 heteroatoms. The molecule has 0 radical (unpaired) electrons. The van der Waals surface area contributed by atoms with Crippen molar-refractivity contribution in [2.45, 2.75) is 6.42 Å². The van der Waals surface area contributed by atoms with E-state index in [0.29, 0.717) is 12.5 Å². The minimum Gasteiger partial charge on any atom is -0.496 e. The van der Waals surface area contributed by atoms with Crippen LogP contribution in [0.15, 0.2) is 53.5 Å². The first-order chi connectivity index (χ1) is 12.7. The van der Waals surface area contributed by atoms with Crippen LogP contribution in [0, 0.1) is 5.82 Å². The first-order valence-corrected chi connectivity index (χ1v) is 8.84. The summed E-state index contributed by atoms with van der Waals surface area (Å²) in [4.78, 5) is 8.86. The summed E-state index contributed by atoms with van der Waals surface area (Å²) in [5.74, 6) is 1.26. The molecule has 1 heterocycles. The van der Waals surface area contributed by atoms with Gasteiger partial charge in [-0.1, -0.05) is 18.2 Å². The zero-order chi connectivity index (χ0) is 18.4. The highest BCUT2D eigenvalue weighted by molar-refractivity contribution is 5.78. The van der Waals surface area contributed by atoms with Crippen LogP contribution in [-0.4, -0.2) is 50.7 Å². The Kier molecular flexibility index (Phi) is 5.94. The number of para-hydroxylation sites is 1. The van der Waals surface area contributed by atoms with E-state index in [2.05, 4.69) is 14.8 Å². The van der Waals surface area contributed by atoms with Crippen molar-refractivity contribution in [2.24, 2.45) is 10.7 Å². The van der Waals surface area contributed by atoms with E-state index in [9.17, 15) is 4.39 Å². The molecule has 0 bridgehead atoms. The van der Waals surface area contributed by atoms with Crippen LogP contribution >= 0.6 is 0 Å². The molecule has 0 unspecified atom stereocenters. The molecule has 138 valence electrons. The molecular formula is C20H25FN4O. The molecule has 1 aliphatic rings.